The van der Waals surface area contributed by atoms with Gasteiger partial charge in [0.05, 0.1) is 17.1 Å². The van der Waals surface area contributed by atoms with Gasteiger partial charge in [0.15, 0.2) is 0 Å². The second-order valence-corrected chi connectivity index (χ2v) is 5.56. The Hall–Kier alpha value is -1.68. The standard InChI is InChI=1S/C15H16ClN3O/c1-5-19-13-8(3)12-11(17-9(4)18-14(12)16)6-10(13)7(2)15(19)20/h6-7H,5H2,1-4H3. The van der Waals surface area contributed by atoms with E-state index in [1.807, 2.05) is 38.7 Å². The number of carbonyl (C=O) groups is 1. The van der Waals surface area contributed by atoms with Crippen molar-refractivity contribution in [1.82, 2.24) is 9.97 Å². The highest BCUT2D eigenvalue weighted by Crippen LogP contribution is 2.43. The first-order chi connectivity index (χ1) is 9.45. The third-order valence-electron chi connectivity index (χ3n) is 3.99. The van der Waals surface area contributed by atoms with Crippen LogP contribution >= 0.6 is 11.6 Å². The molecule has 0 aliphatic carbocycles. The van der Waals surface area contributed by atoms with E-state index in [9.17, 15) is 4.79 Å². The summed E-state index contributed by atoms with van der Waals surface area (Å²) < 4.78 is 0. The third-order valence-corrected chi connectivity index (χ3v) is 4.26. The van der Waals surface area contributed by atoms with Crippen LogP contribution in [0.25, 0.3) is 10.9 Å². The van der Waals surface area contributed by atoms with Crippen LogP contribution in [0, 0.1) is 13.8 Å². The molecule has 2 heterocycles. The van der Waals surface area contributed by atoms with Crippen LogP contribution in [0.5, 0.6) is 0 Å². The summed E-state index contributed by atoms with van der Waals surface area (Å²) >= 11 is 6.28. The molecule has 0 saturated carbocycles. The molecule has 1 aliphatic heterocycles. The van der Waals surface area contributed by atoms with Crippen LogP contribution in [0.15, 0.2) is 6.07 Å². The Bertz CT molecular complexity index is 742. The molecule has 4 nitrogen and oxygen atoms in total. The molecule has 1 amide bonds. The zero-order valence-corrected chi connectivity index (χ0v) is 12.7. The predicted molar refractivity (Wildman–Crippen MR) is 80.5 cm³/mol. The smallest absolute Gasteiger partial charge is 0.234 e. The van der Waals surface area contributed by atoms with Crippen molar-refractivity contribution in [1.29, 1.82) is 0 Å². The van der Waals surface area contributed by atoms with Gasteiger partial charge >= 0.3 is 0 Å². The molecular weight excluding hydrogens is 274 g/mol. The van der Waals surface area contributed by atoms with Crippen LogP contribution in [0.3, 0.4) is 0 Å². The molecule has 1 aromatic heterocycles. The van der Waals surface area contributed by atoms with Gasteiger partial charge in [-0.1, -0.05) is 11.6 Å². The molecule has 3 rings (SSSR count). The lowest BCUT2D eigenvalue weighted by molar-refractivity contribution is -0.118. The lowest BCUT2D eigenvalue weighted by atomic mass is 9.98. The van der Waals surface area contributed by atoms with E-state index in [4.69, 9.17) is 11.6 Å². The molecule has 0 spiro atoms. The van der Waals surface area contributed by atoms with E-state index < -0.39 is 0 Å². The minimum atomic E-state index is -0.123. The highest BCUT2D eigenvalue weighted by Gasteiger charge is 2.35. The molecule has 5 heteroatoms. The second kappa shape index (κ2) is 4.42. The maximum Gasteiger partial charge on any atom is 0.234 e. The Kier molecular flexibility index (Phi) is 2.94. The molecule has 1 atom stereocenters. The van der Waals surface area contributed by atoms with Gasteiger partial charge < -0.3 is 4.90 Å². The average Bonchev–Trinajstić information content (AvgIpc) is 2.62. The quantitative estimate of drug-likeness (QED) is 0.756. The van der Waals surface area contributed by atoms with Gasteiger partial charge in [-0.05, 0) is 44.9 Å². The van der Waals surface area contributed by atoms with Crippen LogP contribution in [-0.4, -0.2) is 22.4 Å². The summed E-state index contributed by atoms with van der Waals surface area (Å²) in [7, 11) is 0. The Balaban J connectivity index is 2.42. The molecule has 0 saturated heterocycles. The predicted octanol–water partition coefficient (Wildman–Crippen LogP) is 3.37. The molecule has 0 radical (unpaired) electrons. The summed E-state index contributed by atoms with van der Waals surface area (Å²) in [6.07, 6.45) is 0. The number of nitrogens with zero attached hydrogens (tertiary/aromatic N) is 3. The van der Waals surface area contributed by atoms with Crippen molar-refractivity contribution in [2.45, 2.75) is 33.6 Å². The Labute approximate surface area is 122 Å². The number of aromatic nitrogens is 2. The number of rotatable bonds is 1. The minimum Gasteiger partial charge on any atom is -0.312 e. The first-order valence-electron chi connectivity index (χ1n) is 6.74. The fourth-order valence-corrected chi connectivity index (χ4v) is 3.40. The third kappa shape index (κ3) is 1.64. The zero-order valence-electron chi connectivity index (χ0n) is 12.0. The van der Waals surface area contributed by atoms with E-state index in [2.05, 4.69) is 9.97 Å². The highest BCUT2D eigenvalue weighted by atomic mass is 35.5. The fourth-order valence-electron chi connectivity index (χ4n) is 3.04. The van der Waals surface area contributed by atoms with Crippen LogP contribution < -0.4 is 4.90 Å². The van der Waals surface area contributed by atoms with Crippen molar-refractivity contribution in [2.75, 3.05) is 11.4 Å². The number of fused-ring (bicyclic) bond motifs is 2. The van der Waals surface area contributed by atoms with Gasteiger partial charge in [-0.3, -0.25) is 4.79 Å². The lowest BCUT2D eigenvalue weighted by Crippen LogP contribution is -2.27. The number of likely N-dealkylation sites (N-methyl/N-ethyl adjacent to an activating group) is 1. The summed E-state index contributed by atoms with van der Waals surface area (Å²) in [4.78, 5) is 22.8. The van der Waals surface area contributed by atoms with Crippen molar-refractivity contribution in [3.05, 3.63) is 28.2 Å². The molecule has 2 aromatic rings. The largest absolute Gasteiger partial charge is 0.312 e. The minimum absolute atomic E-state index is 0.123. The first-order valence-corrected chi connectivity index (χ1v) is 7.12. The van der Waals surface area contributed by atoms with Gasteiger partial charge in [0.1, 0.15) is 11.0 Å². The van der Waals surface area contributed by atoms with Crippen molar-refractivity contribution in [2.24, 2.45) is 0 Å². The Morgan fingerprint density at radius 3 is 2.70 bits per heavy atom. The van der Waals surface area contributed by atoms with Crippen molar-refractivity contribution in [3.63, 3.8) is 0 Å². The number of anilines is 1. The number of halogens is 1. The van der Waals surface area contributed by atoms with Crippen LogP contribution in [-0.2, 0) is 4.79 Å². The monoisotopic (exact) mass is 289 g/mol. The van der Waals surface area contributed by atoms with E-state index in [0.717, 1.165) is 27.7 Å². The van der Waals surface area contributed by atoms with Crippen LogP contribution in [0.1, 0.15) is 36.7 Å². The highest BCUT2D eigenvalue weighted by molar-refractivity contribution is 6.34. The summed E-state index contributed by atoms with van der Waals surface area (Å²) in [5, 5.41) is 1.30. The van der Waals surface area contributed by atoms with Gasteiger partial charge in [-0.25, -0.2) is 9.97 Å². The zero-order chi connectivity index (χ0) is 14.6. The van der Waals surface area contributed by atoms with Gasteiger partial charge in [-0.15, -0.1) is 0 Å². The lowest BCUT2D eigenvalue weighted by Gasteiger charge is -2.18. The SMILES string of the molecule is CCN1C(=O)C(C)c2cc3nc(C)nc(Cl)c3c(C)c21. The van der Waals surface area contributed by atoms with Gasteiger partial charge in [0.2, 0.25) is 5.91 Å². The van der Waals surface area contributed by atoms with E-state index in [-0.39, 0.29) is 11.8 Å². The number of hydrogen-bond donors (Lipinski definition) is 0. The first kappa shape index (κ1) is 13.3. The topological polar surface area (TPSA) is 46.1 Å². The number of aryl methyl sites for hydroxylation is 2. The molecule has 0 bridgehead atoms. The van der Waals surface area contributed by atoms with Gasteiger partial charge in [0, 0.05) is 11.9 Å². The molecule has 0 N–H and O–H groups in total. The van der Waals surface area contributed by atoms with E-state index in [1.165, 1.54) is 0 Å². The molecule has 20 heavy (non-hydrogen) atoms. The van der Waals surface area contributed by atoms with E-state index in [1.54, 1.807) is 0 Å². The average molecular weight is 290 g/mol. The summed E-state index contributed by atoms with van der Waals surface area (Å²) in [5.74, 6) is 0.662. The van der Waals surface area contributed by atoms with Crippen LogP contribution in [0.4, 0.5) is 5.69 Å². The van der Waals surface area contributed by atoms with E-state index in [0.29, 0.717) is 17.5 Å². The molecule has 1 aliphatic rings. The summed E-state index contributed by atoms with van der Waals surface area (Å²) in [6, 6.07) is 1.98. The van der Waals surface area contributed by atoms with Crippen molar-refractivity contribution in [3.8, 4) is 0 Å². The number of carbonyl (C=O) groups excluding carboxylic acids is 1. The Morgan fingerprint density at radius 1 is 1.35 bits per heavy atom. The van der Waals surface area contributed by atoms with Crippen LogP contribution in [0.2, 0.25) is 5.15 Å². The second-order valence-electron chi connectivity index (χ2n) is 5.20. The van der Waals surface area contributed by atoms with Crippen molar-refractivity contribution < 1.29 is 4.79 Å². The number of amides is 1. The summed E-state index contributed by atoms with van der Waals surface area (Å²) in [6.45, 7) is 8.39. The molecular formula is C15H16ClN3O. The van der Waals surface area contributed by atoms with Gasteiger partial charge in [0.25, 0.3) is 0 Å². The molecule has 104 valence electrons. The molecule has 1 aromatic carbocycles. The summed E-state index contributed by atoms with van der Waals surface area (Å²) in [5.41, 5.74) is 3.82. The van der Waals surface area contributed by atoms with Crippen molar-refractivity contribution >= 4 is 34.1 Å². The normalized spacial score (nSPS) is 17.9. The molecule has 0 fully saturated rings. The maximum atomic E-state index is 12.3. The molecule has 1 unspecified atom stereocenters. The van der Waals surface area contributed by atoms with Gasteiger partial charge in [-0.2, -0.15) is 0 Å². The maximum absolute atomic E-state index is 12.3. The fraction of sp³-hybridized carbons (Fsp3) is 0.400. The Morgan fingerprint density at radius 2 is 2.05 bits per heavy atom. The number of hydrogen-bond acceptors (Lipinski definition) is 3. The van der Waals surface area contributed by atoms with E-state index >= 15 is 0 Å². The number of benzene rings is 1.